The maximum atomic E-state index is 3.71. The summed E-state index contributed by atoms with van der Waals surface area (Å²) in [4.78, 5) is 0. The van der Waals surface area contributed by atoms with Crippen LogP contribution in [-0.2, 0) is 0 Å². The highest BCUT2D eigenvalue weighted by Crippen LogP contribution is 2.39. The Kier molecular flexibility index (Phi) is 3.65. The molecular formula is C22H23N3. The van der Waals surface area contributed by atoms with Crippen LogP contribution in [0.1, 0.15) is 20.8 Å². The fraction of sp³-hybridized carbons (Fsp3) is 0.182. The monoisotopic (exact) mass is 329 g/mol. The Morgan fingerprint density at radius 3 is 2.16 bits per heavy atom. The van der Waals surface area contributed by atoms with Gasteiger partial charge in [0.15, 0.2) is 0 Å². The molecule has 3 heteroatoms. The molecule has 0 spiro atoms. The molecule has 0 unspecified atom stereocenters. The Labute approximate surface area is 148 Å². The van der Waals surface area contributed by atoms with Gasteiger partial charge in [-0.05, 0) is 51.1 Å². The van der Waals surface area contributed by atoms with Crippen molar-refractivity contribution in [3.8, 4) is 0 Å². The van der Waals surface area contributed by atoms with Crippen molar-refractivity contribution in [3.63, 3.8) is 0 Å². The average molecular weight is 329 g/mol. The van der Waals surface area contributed by atoms with E-state index in [9.17, 15) is 0 Å². The predicted molar refractivity (Wildman–Crippen MR) is 108 cm³/mol. The molecule has 3 nitrogen and oxygen atoms in total. The number of fused-ring (bicyclic) bond motifs is 3. The summed E-state index contributed by atoms with van der Waals surface area (Å²) in [7, 11) is 0. The van der Waals surface area contributed by atoms with E-state index in [0.29, 0.717) is 0 Å². The van der Waals surface area contributed by atoms with E-state index in [2.05, 4.69) is 103 Å². The molecule has 4 rings (SSSR count). The van der Waals surface area contributed by atoms with Crippen LogP contribution in [0.15, 0.2) is 72.9 Å². The summed E-state index contributed by atoms with van der Waals surface area (Å²) in [6, 6.07) is 23.1. The van der Waals surface area contributed by atoms with Crippen molar-refractivity contribution in [2.75, 3.05) is 10.6 Å². The largest absolute Gasteiger partial charge is 0.377 e. The lowest BCUT2D eigenvalue weighted by Crippen LogP contribution is -2.27. The van der Waals surface area contributed by atoms with E-state index in [1.807, 2.05) is 6.07 Å². The molecule has 2 aromatic carbocycles. The van der Waals surface area contributed by atoms with Crippen molar-refractivity contribution in [3.05, 3.63) is 72.9 Å². The Hall–Kier alpha value is -2.94. The first-order chi connectivity index (χ1) is 12.0. The zero-order valence-electron chi connectivity index (χ0n) is 14.9. The van der Waals surface area contributed by atoms with Crippen LogP contribution in [0.2, 0.25) is 0 Å². The molecule has 0 saturated heterocycles. The van der Waals surface area contributed by atoms with E-state index < -0.39 is 0 Å². The summed E-state index contributed by atoms with van der Waals surface area (Å²) in [5.74, 6) is 0. The summed E-state index contributed by atoms with van der Waals surface area (Å²) in [5.41, 5.74) is 5.65. The van der Waals surface area contributed by atoms with E-state index in [4.69, 9.17) is 0 Å². The van der Waals surface area contributed by atoms with Crippen molar-refractivity contribution < 1.29 is 0 Å². The van der Waals surface area contributed by atoms with Gasteiger partial charge in [0.25, 0.3) is 0 Å². The molecule has 25 heavy (non-hydrogen) atoms. The van der Waals surface area contributed by atoms with E-state index in [1.54, 1.807) is 0 Å². The fourth-order valence-electron chi connectivity index (χ4n) is 3.25. The molecule has 2 aromatic heterocycles. The molecule has 126 valence electrons. The van der Waals surface area contributed by atoms with Gasteiger partial charge in [-0.25, -0.2) is 0 Å². The highest BCUT2D eigenvalue weighted by molar-refractivity contribution is 6.06. The number of pyridine rings is 1. The van der Waals surface area contributed by atoms with Crippen LogP contribution in [0.5, 0.6) is 0 Å². The van der Waals surface area contributed by atoms with Crippen molar-refractivity contribution in [1.29, 1.82) is 0 Å². The van der Waals surface area contributed by atoms with Crippen molar-refractivity contribution in [2.24, 2.45) is 0 Å². The van der Waals surface area contributed by atoms with E-state index in [0.717, 1.165) is 17.1 Å². The topological polar surface area (TPSA) is 28.5 Å². The number of nitrogens with one attached hydrogen (secondary N) is 2. The zero-order valence-corrected chi connectivity index (χ0v) is 14.9. The Morgan fingerprint density at radius 1 is 0.720 bits per heavy atom. The molecule has 0 saturated carbocycles. The standard InChI is InChI=1S/C22H23N3/c1-22(2,3)24-21-19-14-9-15-25(19)18-13-8-7-12-17(18)20(21)23-16-10-5-4-6-11-16/h4-15,23-24H,1-3H3. The number of hydrogen-bond donors (Lipinski definition) is 2. The summed E-state index contributed by atoms with van der Waals surface area (Å²) in [6.07, 6.45) is 2.12. The van der Waals surface area contributed by atoms with Crippen molar-refractivity contribution >= 4 is 33.5 Å². The molecule has 2 N–H and O–H groups in total. The van der Waals surface area contributed by atoms with E-state index in [1.165, 1.54) is 16.4 Å². The molecule has 0 amide bonds. The van der Waals surface area contributed by atoms with Crippen LogP contribution in [0.4, 0.5) is 17.1 Å². The minimum atomic E-state index is -0.0413. The number of anilines is 3. The first kappa shape index (κ1) is 15.6. The van der Waals surface area contributed by atoms with Crippen LogP contribution in [0.25, 0.3) is 16.4 Å². The van der Waals surface area contributed by atoms with E-state index >= 15 is 0 Å². The summed E-state index contributed by atoms with van der Waals surface area (Å²) in [5, 5.41) is 8.55. The highest BCUT2D eigenvalue weighted by atomic mass is 15.0. The molecule has 2 heterocycles. The van der Waals surface area contributed by atoms with E-state index in [-0.39, 0.29) is 5.54 Å². The van der Waals surface area contributed by atoms with Gasteiger partial charge in [-0.15, -0.1) is 0 Å². The lowest BCUT2D eigenvalue weighted by molar-refractivity contribution is 0.635. The van der Waals surface area contributed by atoms with Crippen LogP contribution in [-0.4, -0.2) is 9.94 Å². The molecule has 0 aliphatic heterocycles. The Balaban J connectivity index is 2.03. The lowest BCUT2D eigenvalue weighted by atomic mass is 10.1. The van der Waals surface area contributed by atoms with Crippen molar-refractivity contribution in [2.45, 2.75) is 26.3 Å². The number of para-hydroxylation sites is 2. The minimum absolute atomic E-state index is 0.0413. The second-order valence-electron chi connectivity index (χ2n) is 7.40. The Bertz CT molecular complexity index is 1020. The third kappa shape index (κ3) is 2.93. The molecule has 0 aliphatic rings. The maximum absolute atomic E-state index is 3.71. The zero-order chi connectivity index (χ0) is 17.4. The quantitative estimate of drug-likeness (QED) is 0.479. The second-order valence-corrected chi connectivity index (χ2v) is 7.40. The SMILES string of the molecule is CC(C)(C)Nc1c(Nc2ccccc2)c2ccccc2n2cccc12. The summed E-state index contributed by atoms with van der Waals surface area (Å²) in [6.45, 7) is 6.57. The van der Waals surface area contributed by atoms with Gasteiger partial charge in [0.1, 0.15) is 0 Å². The van der Waals surface area contributed by atoms with Gasteiger partial charge in [-0.3, -0.25) is 0 Å². The molecule has 0 fully saturated rings. The summed E-state index contributed by atoms with van der Waals surface area (Å²) >= 11 is 0. The molecular weight excluding hydrogens is 306 g/mol. The number of nitrogens with zero attached hydrogens (tertiary/aromatic N) is 1. The molecule has 0 aliphatic carbocycles. The summed E-state index contributed by atoms with van der Waals surface area (Å²) < 4.78 is 2.25. The third-order valence-electron chi connectivity index (χ3n) is 4.23. The number of rotatable bonds is 3. The Morgan fingerprint density at radius 2 is 1.40 bits per heavy atom. The van der Waals surface area contributed by atoms with Crippen LogP contribution in [0, 0.1) is 0 Å². The van der Waals surface area contributed by atoms with Crippen molar-refractivity contribution in [1.82, 2.24) is 4.40 Å². The smallest absolute Gasteiger partial charge is 0.0835 e. The molecule has 0 radical (unpaired) electrons. The maximum Gasteiger partial charge on any atom is 0.0835 e. The van der Waals surface area contributed by atoms with Crippen LogP contribution in [0.3, 0.4) is 0 Å². The van der Waals surface area contributed by atoms with Gasteiger partial charge in [0.05, 0.1) is 22.4 Å². The number of benzene rings is 2. The molecule has 0 bridgehead atoms. The molecule has 0 atom stereocenters. The highest BCUT2D eigenvalue weighted by Gasteiger charge is 2.19. The number of aromatic nitrogens is 1. The normalized spacial score (nSPS) is 11.8. The van der Waals surface area contributed by atoms with Gasteiger partial charge in [0.2, 0.25) is 0 Å². The lowest BCUT2D eigenvalue weighted by Gasteiger charge is -2.27. The predicted octanol–water partition coefficient (Wildman–Crippen LogP) is 6.05. The second kappa shape index (κ2) is 5.85. The average Bonchev–Trinajstić information content (AvgIpc) is 3.08. The third-order valence-corrected chi connectivity index (χ3v) is 4.23. The first-order valence-corrected chi connectivity index (χ1v) is 8.65. The van der Waals surface area contributed by atoms with Crippen LogP contribution < -0.4 is 10.6 Å². The van der Waals surface area contributed by atoms with Gasteiger partial charge < -0.3 is 15.0 Å². The molecule has 4 aromatic rings. The van der Waals surface area contributed by atoms with Gasteiger partial charge in [-0.2, -0.15) is 0 Å². The van der Waals surface area contributed by atoms with Gasteiger partial charge >= 0.3 is 0 Å². The van der Waals surface area contributed by atoms with Crippen LogP contribution >= 0.6 is 0 Å². The minimum Gasteiger partial charge on any atom is -0.377 e. The first-order valence-electron chi connectivity index (χ1n) is 8.65. The van der Waals surface area contributed by atoms with Gasteiger partial charge in [-0.1, -0.05) is 36.4 Å². The fourth-order valence-corrected chi connectivity index (χ4v) is 3.25. The van der Waals surface area contributed by atoms with Gasteiger partial charge in [0, 0.05) is 22.8 Å². The number of hydrogen-bond acceptors (Lipinski definition) is 2.